The van der Waals surface area contributed by atoms with E-state index in [9.17, 15) is 14.4 Å². The summed E-state index contributed by atoms with van der Waals surface area (Å²) in [5.74, 6) is -2.93. The van der Waals surface area contributed by atoms with Gasteiger partial charge >= 0.3 is 17.3 Å². The zero-order chi connectivity index (χ0) is 10.1. The third kappa shape index (κ3) is 15.9. The number of nitrogens with two attached hydrogens (primary N) is 1. The average Bonchev–Trinajstić information content (AvgIpc) is 1.87. The minimum atomic E-state index is -1.60. The summed E-state index contributed by atoms with van der Waals surface area (Å²) in [5.41, 5.74) is 3.46. The van der Waals surface area contributed by atoms with Crippen LogP contribution in [0.5, 0.6) is 0 Å². The lowest BCUT2D eigenvalue weighted by Crippen LogP contribution is -2.21. The van der Waals surface area contributed by atoms with Crippen LogP contribution in [0.4, 0.5) is 4.79 Å². The van der Waals surface area contributed by atoms with Crippen molar-refractivity contribution in [2.24, 2.45) is 5.73 Å². The van der Waals surface area contributed by atoms with Gasteiger partial charge < -0.3 is 15.6 Å². The summed E-state index contributed by atoms with van der Waals surface area (Å²) in [5, 5.41) is 7.52. The quantitative estimate of drug-likeness (QED) is 0.452. The van der Waals surface area contributed by atoms with E-state index in [4.69, 9.17) is 16.7 Å². The standard InChI is InChI=1S/C3H5ClO2.C2H3NO3/c1-2-6-3(4)5;3-1(4)2(5)6/h2H2,1H3;(H2,3,4)(H,5,6). The molecule has 12 heavy (non-hydrogen) atoms. The van der Waals surface area contributed by atoms with Gasteiger partial charge in [0.05, 0.1) is 6.61 Å². The largest absolute Gasteiger partial charge is 0.474 e. The predicted octanol–water partition coefficient (Wildman–Crippen LogP) is -0.0620. The fourth-order valence-corrected chi connectivity index (χ4v) is 0.223. The third-order valence-corrected chi connectivity index (χ3v) is 0.578. The predicted molar refractivity (Wildman–Crippen MR) is 39.7 cm³/mol. The highest BCUT2D eigenvalue weighted by Crippen LogP contribution is 1.82. The molecule has 0 aliphatic heterocycles. The van der Waals surface area contributed by atoms with E-state index < -0.39 is 17.3 Å². The van der Waals surface area contributed by atoms with E-state index in [0.29, 0.717) is 6.61 Å². The number of carbonyl (C=O) groups excluding carboxylic acids is 2. The average molecular weight is 198 g/mol. The van der Waals surface area contributed by atoms with Crippen molar-refractivity contribution in [3.05, 3.63) is 0 Å². The Morgan fingerprint density at radius 2 is 1.83 bits per heavy atom. The van der Waals surface area contributed by atoms with Gasteiger partial charge in [0.25, 0.3) is 0 Å². The number of hydrogen-bond acceptors (Lipinski definition) is 4. The molecule has 0 radical (unpaired) electrons. The van der Waals surface area contributed by atoms with Crippen molar-refractivity contribution in [2.45, 2.75) is 6.92 Å². The van der Waals surface area contributed by atoms with Crippen molar-refractivity contribution >= 4 is 28.9 Å². The summed E-state index contributed by atoms with van der Waals surface area (Å²) >= 11 is 4.72. The van der Waals surface area contributed by atoms with Gasteiger partial charge in [-0.25, -0.2) is 9.59 Å². The third-order valence-electron chi connectivity index (χ3n) is 0.469. The maximum absolute atomic E-state index is 9.59. The van der Waals surface area contributed by atoms with Crippen LogP contribution in [0.2, 0.25) is 0 Å². The minimum absolute atomic E-state index is 0.350. The van der Waals surface area contributed by atoms with Gasteiger partial charge in [0.1, 0.15) is 0 Å². The van der Waals surface area contributed by atoms with Gasteiger partial charge in [0, 0.05) is 11.6 Å². The van der Waals surface area contributed by atoms with Crippen molar-refractivity contribution in [3.63, 3.8) is 0 Å². The minimum Gasteiger partial charge on any atom is -0.474 e. The lowest BCUT2D eigenvalue weighted by molar-refractivity contribution is -0.148. The molecule has 6 nitrogen and oxygen atoms in total. The second-order valence-corrected chi connectivity index (χ2v) is 1.65. The van der Waals surface area contributed by atoms with Crippen LogP contribution in [0.3, 0.4) is 0 Å². The molecule has 0 spiro atoms. The number of carbonyl (C=O) groups is 3. The monoisotopic (exact) mass is 197 g/mol. The highest BCUT2D eigenvalue weighted by Gasteiger charge is 2.00. The molecule has 70 valence electrons. The van der Waals surface area contributed by atoms with E-state index in [2.05, 4.69) is 10.5 Å². The summed E-state index contributed by atoms with van der Waals surface area (Å²) in [7, 11) is 0. The van der Waals surface area contributed by atoms with Gasteiger partial charge in [-0.1, -0.05) is 0 Å². The van der Waals surface area contributed by atoms with Crippen molar-refractivity contribution < 1.29 is 24.2 Å². The van der Waals surface area contributed by atoms with E-state index >= 15 is 0 Å². The van der Waals surface area contributed by atoms with Crippen LogP contribution < -0.4 is 5.73 Å². The molecular weight excluding hydrogens is 190 g/mol. The van der Waals surface area contributed by atoms with Gasteiger partial charge in [0.15, 0.2) is 0 Å². The maximum Gasteiger partial charge on any atom is 0.403 e. The van der Waals surface area contributed by atoms with E-state index in [1.807, 2.05) is 0 Å². The van der Waals surface area contributed by atoms with Crippen LogP contribution in [0.15, 0.2) is 0 Å². The lowest BCUT2D eigenvalue weighted by atomic mass is 10.7. The molecule has 0 saturated carbocycles. The Bertz CT molecular complexity index is 169. The molecule has 0 saturated heterocycles. The normalized spacial score (nSPS) is 7.50. The fourth-order valence-electron chi connectivity index (χ4n) is 0.113. The highest BCUT2D eigenvalue weighted by molar-refractivity contribution is 6.61. The van der Waals surface area contributed by atoms with Crippen LogP contribution >= 0.6 is 11.6 Å². The van der Waals surface area contributed by atoms with Crippen molar-refractivity contribution in [3.8, 4) is 0 Å². The van der Waals surface area contributed by atoms with E-state index in [1.165, 1.54) is 0 Å². The number of carboxylic acids is 1. The van der Waals surface area contributed by atoms with Crippen LogP contribution in [-0.2, 0) is 14.3 Å². The van der Waals surface area contributed by atoms with E-state index in [0.717, 1.165) is 0 Å². The molecule has 0 rings (SSSR count). The molecule has 0 aromatic carbocycles. The smallest absolute Gasteiger partial charge is 0.403 e. The van der Waals surface area contributed by atoms with Gasteiger partial charge in [-0.15, -0.1) is 0 Å². The summed E-state index contributed by atoms with van der Waals surface area (Å²) in [6, 6.07) is 0. The molecule has 0 bridgehead atoms. The fraction of sp³-hybridized carbons (Fsp3) is 0.400. The summed E-state index contributed by atoms with van der Waals surface area (Å²) in [6.07, 6.45) is 0. The summed E-state index contributed by atoms with van der Waals surface area (Å²) in [6.45, 7) is 2.04. The summed E-state index contributed by atoms with van der Waals surface area (Å²) in [4.78, 5) is 28.1. The number of amides is 1. The van der Waals surface area contributed by atoms with E-state index in [1.54, 1.807) is 6.92 Å². The molecule has 0 aliphatic rings. The Labute approximate surface area is 73.2 Å². The SMILES string of the molecule is CCOC(=O)Cl.NC(=O)C(=O)O. The molecule has 7 heteroatoms. The Balaban J connectivity index is 0. The lowest BCUT2D eigenvalue weighted by Gasteiger charge is -1.86. The molecule has 3 N–H and O–H groups in total. The number of ether oxygens (including phenoxy) is 1. The zero-order valence-electron chi connectivity index (χ0n) is 6.24. The molecule has 0 aromatic heterocycles. The van der Waals surface area contributed by atoms with Crippen molar-refractivity contribution in [1.29, 1.82) is 0 Å². The molecule has 0 aromatic rings. The number of primary amides is 1. The first kappa shape index (κ1) is 13.3. The number of carboxylic acid groups (broad SMARTS) is 1. The zero-order valence-corrected chi connectivity index (χ0v) is 7.00. The van der Waals surface area contributed by atoms with Crippen LogP contribution in [0.1, 0.15) is 6.92 Å². The number of aliphatic carboxylic acids is 1. The second kappa shape index (κ2) is 7.80. The highest BCUT2D eigenvalue weighted by atomic mass is 35.5. The molecule has 0 unspecified atom stereocenters. The Morgan fingerprint density at radius 1 is 1.50 bits per heavy atom. The van der Waals surface area contributed by atoms with Gasteiger partial charge in [0.2, 0.25) is 0 Å². The molecule has 0 aliphatic carbocycles. The molecular formula is C5H8ClNO5. The first-order valence-electron chi connectivity index (χ1n) is 2.76. The van der Waals surface area contributed by atoms with Gasteiger partial charge in [-0.05, 0) is 6.92 Å². The number of halogens is 1. The molecule has 0 atom stereocenters. The van der Waals surface area contributed by atoms with Crippen molar-refractivity contribution in [1.82, 2.24) is 0 Å². The van der Waals surface area contributed by atoms with E-state index in [-0.39, 0.29) is 0 Å². The maximum atomic E-state index is 9.59. The number of hydrogen-bond donors (Lipinski definition) is 2. The van der Waals surface area contributed by atoms with Crippen molar-refractivity contribution in [2.75, 3.05) is 6.61 Å². The second-order valence-electron chi connectivity index (χ2n) is 1.34. The van der Waals surface area contributed by atoms with Crippen LogP contribution in [-0.4, -0.2) is 29.0 Å². The van der Waals surface area contributed by atoms with Crippen LogP contribution in [0.25, 0.3) is 0 Å². The van der Waals surface area contributed by atoms with Gasteiger partial charge in [-0.3, -0.25) is 4.79 Å². The molecule has 0 fully saturated rings. The molecule has 1 amide bonds. The first-order valence-corrected chi connectivity index (χ1v) is 3.14. The number of rotatable bonds is 1. The summed E-state index contributed by atoms with van der Waals surface area (Å²) < 4.78 is 4.17. The Hall–Kier alpha value is -1.30. The van der Waals surface area contributed by atoms with Crippen LogP contribution in [0, 0.1) is 0 Å². The first-order chi connectivity index (χ1) is 5.41. The van der Waals surface area contributed by atoms with Gasteiger partial charge in [-0.2, -0.15) is 0 Å². The topological polar surface area (TPSA) is 107 Å². The Kier molecular flexibility index (Phi) is 8.65. The Morgan fingerprint density at radius 3 is 1.83 bits per heavy atom. The molecule has 0 heterocycles.